The molecular formula is C11H15BrClFN2O. The van der Waals surface area contributed by atoms with Crippen LogP contribution in [0, 0.1) is 5.82 Å². The lowest BCUT2D eigenvalue weighted by Gasteiger charge is -2.12. The van der Waals surface area contributed by atoms with Crippen molar-refractivity contribution in [1.82, 2.24) is 10.6 Å². The number of hydrogen-bond donors (Lipinski definition) is 2. The first-order valence-electron chi connectivity index (χ1n) is 4.95. The molecule has 1 rings (SSSR count). The van der Waals surface area contributed by atoms with E-state index in [2.05, 4.69) is 26.6 Å². The molecule has 96 valence electrons. The van der Waals surface area contributed by atoms with E-state index in [0.29, 0.717) is 16.6 Å². The van der Waals surface area contributed by atoms with Gasteiger partial charge in [-0.2, -0.15) is 0 Å². The molecule has 0 aliphatic heterocycles. The van der Waals surface area contributed by atoms with Crippen LogP contribution in [0.1, 0.15) is 17.3 Å². The van der Waals surface area contributed by atoms with Crippen molar-refractivity contribution in [3.05, 3.63) is 34.1 Å². The first-order chi connectivity index (χ1) is 7.54. The van der Waals surface area contributed by atoms with Gasteiger partial charge in [0, 0.05) is 17.1 Å². The van der Waals surface area contributed by atoms with Crippen LogP contribution in [0.15, 0.2) is 22.7 Å². The Hall–Kier alpha value is -0.650. The largest absolute Gasteiger partial charge is 0.350 e. The van der Waals surface area contributed by atoms with Gasteiger partial charge in [0.05, 0.1) is 5.56 Å². The summed E-state index contributed by atoms with van der Waals surface area (Å²) in [6.07, 6.45) is 0. The van der Waals surface area contributed by atoms with Crippen LogP contribution < -0.4 is 10.6 Å². The van der Waals surface area contributed by atoms with Crippen molar-refractivity contribution >= 4 is 34.2 Å². The van der Waals surface area contributed by atoms with Crippen LogP contribution in [0.3, 0.4) is 0 Å². The monoisotopic (exact) mass is 324 g/mol. The minimum Gasteiger partial charge on any atom is -0.350 e. The van der Waals surface area contributed by atoms with Gasteiger partial charge in [0.2, 0.25) is 0 Å². The van der Waals surface area contributed by atoms with Gasteiger partial charge in [0.15, 0.2) is 0 Å². The quantitative estimate of drug-likeness (QED) is 0.892. The number of hydrogen-bond acceptors (Lipinski definition) is 2. The van der Waals surface area contributed by atoms with E-state index < -0.39 is 0 Å². The molecule has 0 aromatic heterocycles. The Morgan fingerprint density at radius 2 is 2.18 bits per heavy atom. The zero-order valence-electron chi connectivity index (χ0n) is 9.59. The Bertz CT molecular complexity index is 390. The molecule has 3 nitrogen and oxygen atoms in total. The Balaban J connectivity index is 0.00000256. The van der Waals surface area contributed by atoms with Gasteiger partial charge < -0.3 is 10.6 Å². The molecular weight excluding hydrogens is 310 g/mol. The Kier molecular flexibility index (Phi) is 7.34. The average molecular weight is 326 g/mol. The van der Waals surface area contributed by atoms with Crippen LogP contribution in [-0.2, 0) is 0 Å². The molecule has 0 saturated carbocycles. The molecule has 0 aliphatic rings. The topological polar surface area (TPSA) is 41.1 Å². The minimum atomic E-state index is -0.369. The fraction of sp³-hybridized carbons (Fsp3) is 0.364. The van der Waals surface area contributed by atoms with E-state index in [4.69, 9.17) is 0 Å². The van der Waals surface area contributed by atoms with Crippen LogP contribution in [0.4, 0.5) is 4.39 Å². The SMILES string of the molecule is CNC(C)CNC(=O)c1ccc(F)cc1Br.Cl. The van der Waals surface area contributed by atoms with Gasteiger partial charge >= 0.3 is 0 Å². The molecule has 0 bridgehead atoms. The molecule has 0 aliphatic carbocycles. The Morgan fingerprint density at radius 1 is 1.53 bits per heavy atom. The highest BCUT2D eigenvalue weighted by Crippen LogP contribution is 2.17. The van der Waals surface area contributed by atoms with Gasteiger partial charge in [0.25, 0.3) is 5.91 Å². The summed E-state index contributed by atoms with van der Waals surface area (Å²) in [5.41, 5.74) is 0.435. The summed E-state index contributed by atoms with van der Waals surface area (Å²) in [5, 5.41) is 5.77. The average Bonchev–Trinajstić information content (AvgIpc) is 2.25. The lowest BCUT2D eigenvalue weighted by Crippen LogP contribution is -2.37. The van der Waals surface area contributed by atoms with Gasteiger partial charge in [-0.1, -0.05) is 0 Å². The van der Waals surface area contributed by atoms with Crippen LogP contribution in [-0.4, -0.2) is 25.5 Å². The van der Waals surface area contributed by atoms with E-state index in [1.807, 2.05) is 14.0 Å². The molecule has 0 radical (unpaired) electrons. The predicted octanol–water partition coefficient (Wildman–Crippen LogP) is 2.35. The van der Waals surface area contributed by atoms with E-state index in [9.17, 15) is 9.18 Å². The second-order valence-electron chi connectivity index (χ2n) is 3.52. The fourth-order valence-corrected chi connectivity index (χ4v) is 1.65. The van der Waals surface area contributed by atoms with Crippen molar-refractivity contribution in [3.63, 3.8) is 0 Å². The summed E-state index contributed by atoms with van der Waals surface area (Å²) in [7, 11) is 1.82. The maximum Gasteiger partial charge on any atom is 0.252 e. The van der Waals surface area contributed by atoms with Gasteiger partial charge in [-0.05, 0) is 48.1 Å². The third kappa shape index (κ3) is 5.02. The zero-order chi connectivity index (χ0) is 12.1. The van der Waals surface area contributed by atoms with E-state index in [1.54, 1.807) is 0 Å². The summed E-state index contributed by atoms with van der Waals surface area (Å²) in [4.78, 5) is 11.7. The number of rotatable bonds is 4. The summed E-state index contributed by atoms with van der Waals surface area (Å²) >= 11 is 3.16. The molecule has 1 aromatic carbocycles. The Morgan fingerprint density at radius 3 is 2.71 bits per heavy atom. The normalized spacial score (nSPS) is 11.5. The van der Waals surface area contributed by atoms with Crippen molar-refractivity contribution < 1.29 is 9.18 Å². The molecule has 17 heavy (non-hydrogen) atoms. The predicted molar refractivity (Wildman–Crippen MR) is 72.2 cm³/mol. The summed E-state index contributed by atoms with van der Waals surface area (Å²) in [6, 6.07) is 4.19. The van der Waals surface area contributed by atoms with E-state index in [1.165, 1.54) is 18.2 Å². The third-order valence-electron chi connectivity index (χ3n) is 2.24. The number of nitrogens with one attached hydrogen (secondary N) is 2. The minimum absolute atomic E-state index is 0. The van der Waals surface area contributed by atoms with Crippen molar-refractivity contribution in [3.8, 4) is 0 Å². The van der Waals surface area contributed by atoms with Crippen molar-refractivity contribution in [2.45, 2.75) is 13.0 Å². The van der Waals surface area contributed by atoms with Crippen LogP contribution in [0.25, 0.3) is 0 Å². The van der Waals surface area contributed by atoms with Crippen molar-refractivity contribution in [2.75, 3.05) is 13.6 Å². The lowest BCUT2D eigenvalue weighted by molar-refractivity contribution is 0.0949. The van der Waals surface area contributed by atoms with Crippen LogP contribution >= 0.6 is 28.3 Å². The lowest BCUT2D eigenvalue weighted by atomic mass is 10.2. The Labute approximate surface area is 115 Å². The maximum absolute atomic E-state index is 12.8. The van der Waals surface area contributed by atoms with Crippen molar-refractivity contribution in [2.24, 2.45) is 0 Å². The summed E-state index contributed by atoms with van der Waals surface area (Å²) < 4.78 is 13.3. The van der Waals surface area contributed by atoms with Crippen LogP contribution in [0.5, 0.6) is 0 Å². The van der Waals surface area contributed by atoms with Crippen molar-refractivity contribution in [1.29, 1.82) is 0 Å². The highest BCUT2D eigenvalue weighted by Gasteiger charge is 2.10. The van der Waals surface area contributed by atoms with E-state index in [-0.39, 0.29) is 30.2 Å². The summed E-state index contributed by atoms with van der Waals surface area (Å²) in [6.45, 7) is 2.49. The van der Waals surface area contributed by atoms with E-state index >= 15 is 0 Å². The molecule has 1 amide bonds. The zero-order valence-corrected chi connectivity index (χ0v) is 12.0. The molecule has 2 N–H and O–H groups in total. The molecule has 0 spiro atoms. The smallest absolute Gasteiger partial charge is 0.252 e. The highest BCUT2D eigenvalue weighted by molar-refractivity contribution is 9.10. The summed E-state index contributed by atoms with van der Waals surface area (Å²) in [5.74, 6) is -0.582. The second kappa shape index (κ2) is 7.63. The van der Waals surface area contributed by atoms with Crippen LogP contribution in [0.2, 0.25) is 0 Å². The number of halogens is 3. The molecule has 1 atom stereocenters. The maximum atomic E-state index is 12.8. The van der Waals surface area contributed by atoms with Gasteiger partial charge in [0.1, 0.15) is 5.82 Å². The fourth-order valence-electron chi connectivity index (χ4n) is 1.12. The number of carbonyl (C=O) groups excluding carboxylic acids is 1. The molecule has 1 aromatic rings. The molecule has 0 saturated heterocycles. The highest BCUT2D eigenvalue weighted by atomic mass is 79.9. The van der Waals surface area contributed by atoms with E-state index in [0.717, 1.165) is 0 Å². The van der Waals surface area contributed by atoms with Gasteiger partial charge in [-0.25, -0.2) is 4.39 Å². The van der Waals surface area contributed by atoms with Gasteiger partial charge in [-0.3, -0.25) is 4.79 Å². The second-order valence-corrected chi connectivity index (χ2v) is 4.38. The molecule has 0 fully saturated rings. The van der Waals surface area contributed by atoms with Gasteiger partial charge in [-0.15, -0.1) is 12.4 Å². The number of amides is 1. The first-order valence-corrected chi connectivity index (χ1v) is 5.74. The number of likely N-dealkylation sites (N-methyl/N-ethyl adjacent to an activating group) is 1. The molecule has 6 heteroatoms. The third-order valence-corrected chi connectivity index (χ3v) is 2.89. The number of benzene rings is 1. The number of carbonyl (C=O) groups is 1. The standard InChI is InChI=1S/C11H14BrFN2O.ClH/c1-7(14-2)6-15-11(16)9-4-3-8(13)5-10(9)12;/h3-5,7,14H,6H2,1-2H3,(H,15,16);1H. The first kappa shape index (κ1) is 16.4. The molecule has 1 unspecified atom stereocenters. The molecule has 0 heterocycles.